The predicted molar refractivity (Wildman–Crippen MR) is 78.1 cm³/mol. The van der Waals surface area contributed by atoms with Crippen molar-refractivity contribution in [3.63, 3.8) is 0 Å². The first-order valence-electron chi connectivity index (χ1n) is 7.20. The molecule has 1 aromatic carbocycles. The van der Waals surface area contributed by atoms with Crippen LogP contribution in [0.25, 0.3) is 0 Å². The van der Waals surface area contributed by atoms with Crippen LogP contribution in [0.3, 0.4) is 0 Å². The lowest BCUT2D eigenvalue weighted by molar-refractivity contribution is -0.121. The number of carbonyl (C=O) groups excluding carboxylic acids is 2. The van der Waals surface area contributed by atoms with Crippen LogP contribution in [-0.2, 0) is 9.53 Å². The van der Waals surface area contributed by atoms with E-state index in [2.05, 4.69) is 0 Å². The Hall–Kier alpha value is -2.28. The minimum absolute atomic E-state index is 0.148. The molecule has 1 aromatic rings. The van der Waals surface area contributed by atoms with E-state index in [1.54, 1.807) is 23.1 Å². The van der Waals surface area contributed by atoms with Gasteiger partial charge in [0.25, 0.3) is 5.91 Å². The zero-order valence-electron chi connectivity index (χ0n) is 12.6. The highest BCUT2D eigenvalue weighted by atomic mass is 16.7. The maximum atomic E-state index is 12.6. The fourth-order valence-electron chi connectivity index (χ4n) is 2.71. The number of hydrogen-bond donors (Lipinski definition) is 0. The van der Waals surface area contributed by atoms with Crippen LogP contribution in [0.4, 0.5) is 10.5 Å². The summed E-state index contributed by atoms with van der Waals surface area (Å²) in [6, 6.07) is 4.13. The third-order valence-corrected chi connectivity index (χ3v) is 3.72. The Morgan fingerprint density at radius 1 is 1.27 bits per heavy atom. The summed E-state index contributed by atoms with van der Waals surface area (Å²) in [5, 5.41) is 0. The summed E-state index contributed by atoms with van der Waals surface area (Å²) in [6.07, 6.45) is 0.772. The summed E-state index contributed by atoms with van der Waals surface area (Å²) in [5.41, 5.74) is 0.485. The average molecular weight is 306 g/mol. The molecular weight excluding hydrogens is 288 g/mol. The van der Waals surface area contributed by atoms with E-state index in [4.69, 9.17) is 14.2 Å². The molecule has 0 spiro atoms. The van der Waals surface area contributed by atoms with Gasteiger partial charge in [-0.3, -0.25) is 4.79 Å². The van der Waals surface area contributed by atoms with Crippen molar-refractivity contribution in [2.24, 2.45) is 0 Å². The molecule has 3 rings (SSSR count). The third-order valence-electron chi connectivity index (χ3n) is 3.72. The van der Waals surface area contributed by atoms with Crippen LogP contribution >= 0.6 is 0 Å². The van der Waals surface area contributed by atoms with E-state index >= 15 is 0 Å². The van der Waals surface area contributed by atoms with Crippen LogP contribution < -0.4 is 14.4 Å². The standard InChI is InChI=1S/C15H18N2O5/c1-3-6-16-11(8-20-2)14(18)17(15(16)19)10-4-5-12-13(7-10)22-9-21-12/h4-5,7,11H,3,6,8-9H2,1-2H3/t11-/m1/s1. The fourth-order valence-corrected chi connectivity index (χ4v) is 2.71. The average Bonchev–Trinajstić information content (AvgIpc) is 3.05. The smallest absolute Gasteiger partial charge is 0.332 e. The van der Waals surface area contributed by atoms with Gasteiger partial charge in [-0.25, -0.2) is 9.69 Å². The molecule has 0 aliphatic carbocycles. The van der Waals surface area contributed by atoms with Crippen LogP contribution in [0.5, 0.6) is 11.5 Å². The lowest BCUT2D eigenvalue weighted by atomic mass is 10.2. The minimum Gasteiger partial charge on any atom is -0.454 e. The highest BCUT2D eigenvalue weighted by Crippen LogP contribution is 2.37. The second-order valence-electron chi connectivity index (χ2n) is 5.16. The third kappa shape index (κ3) is 2.27. The summed E-state index contributed by atoms with van der Waals surface area (Å²) < 4.78 is 15.6. The van der Waals surface area contributed by atoms with Gasteiger partial charge in [0.2, 0.25) is 6.79 Å². The number of amides is 3. The first-order chi connectivity index (χ1) is 10.7. The zero-order valence-corrected chi connectivity index (χ0v) is 12.6. The lowest BCUT2D eigenvalue weighted by Gasteiger charge is -2.20. The maximum absolute atomic E-state index is 12.6. The SMILES string of the molecule is CCCN1C(=O)N(c2ccc3c(c2)OCO3)C(=O)[C@H]1COC. The van der Waals surface area contributed by atoms with Crippen molar-refractivity contribution >= 4 is 17.6 Å². The Kier molecular flexibility index (Phi) is 3.89. The number of hydrogen-bond acceptors (Lipinski definition) is 5. The molecule has 2 aliphatic rings. The Balaban J connectivity index is 1.92. The van der Waals surface area contributed by atoms with E-state index in [1.165, 1.54) is 12.0 Å². The van der Waals surface area contributed by atoms with Crippen molar-refractivity contribution in [3.8, 4) is 11.5 Å². The highest BCUT2D eigenvalue weighted by molar-refractivity contribution is 6.21. The predicted octanol–water partition coefficient (Wildman–Crippen LogP) is 1.61. The van der Waals surface area contributed by atoms with Gasteiger partial charge in [-0.05, 0) is 18.6 Å². The first kappa shape index (κ1) is 14.6. The van der Waals surface area contributed by atoms with Crippen molar-refractivity contribution in [1.82, 2.24) is 4.90 Å². The van der Waals surface area contributed by atoms with Gasteiger partial charge in [-0.1, -0.05) is 6.92 Å². The van der Waals surface area contributed by atoms with Gasteiger partial charge >= 0.3 is 6.03 Å². The van der Waals surface area contributed by atoms with Crippen LogP contribution in [0.15, 0.2) is 18.2 Å². The second kappa shape index (κ2) is 5.84. The summed E-state index contributed by atoms with van der Waals surface area (Å²) in [6.45, 7) is 2.81. The number of fused-ring (bicyclic) bond motifs is 1. The van der Waals surface area contributed by atoms with Gasteiger partial charge in [0, 0.05) is 19.7 Å². The second-order valence-corrected chi connectivity index (χ2v) is 5.16. The number of urea groups is 1. The molecule has 7 nitrogen and oxygen atoms in total. The summed E-state index contributed by atoms with van der Waals surface area (Å²) in [5.74, 6) is 0.871. The lowest BCUT2D eigenvalue weighted by Crippen LogP contribution is -2.38. The number of ether oxygens (including phenoxy) is 3. The van der Waals surface area contributed by atoms with Crippen molar-refractivity contribution in [2.45, 2.75) is 19.4 Å². The molecule has 0 N–H and O–H groups in total. The van der Waals surface area contributed by atoms with Crippen LogP contribution in [0.2, 0.25) is 0 Å². The fraction of sp³-hybridized carbons (Fsp3) is 0.467. The van der Waals surface area contributed by atoms with Crippen LogP contribution in [0.1, 0.15) is 13.3 Å². The molecule has 0 radical (unpaired) electrons. The number of methoxy groups -OCH3 is 1. The Labute approximate surface area is 128 Å². The first-order valence-corrected chi connectivity index (χ1v) is 7.20. The Morgan fingerprint density at radius 2 is 2.05 bits per heavy atom. The largest absolute Gasteiger partial charge is 0.454 e. The molecule has 1 atom stereocenters. The van der Waals surface area contributed by atoms with Crippen LogP contribution in [0, 0.1) is 0 Å². The Bertz CT molecular complexity index is 580. The molecule has 3 amide bonds. The van der Waals surface area contributed by atoms with Gasteiger partial charge in [-0.15, -0.1) is 0 Å². The number of carbonyl (C=O) groups is 2. The zero-order chi connectivity index (χ0) is 15.7. The van der Waals surface area contributed by atoms with E-state index in [0.717, 1.165) is 6.42 Å². The molecule has 2 aliphatic heterocycles. The normalized spacial score (nSPS) is 20.2. The van der Waals surface area contributed by atoms with Crippen molar-refractivity contribution < 1.29 is 23.8 Å². The molecule has 118 valence electrons. The number of rotatable bonds is 5. The topological polar surface area (TPSA) is 68.3 Å². The molecule has 1 saturated heterocycles. The minimum atomic E-state index is -0.581. The summed E-state index contributed by atoms with van der Waals surface area (Å²) in [4.78, 5) is 27.9. The molecule has 1 fully saturated rings. The molecule has 7 heteroatoms. The molecule has 0 bridgehead atoms. The maximum Gasteiger partial charge on any atom is 0.332 e. The number of nitrogens with zero attached hydrogens (tertiary/aromatic N) is 2. The molecule has 22 heavy (non-hydrogen) atoms. The van der Waals surface area contributed by atoms with Crippen molar-refractivity contribution in [1.29, 1.82) is 0 Å². The Morgan fingerprint density at radius 3 is 2.77 bits per heavy atom. The monoisotopic (exact) mass is 306 g/mol. The highest BCUT2D eigenvalue weighted by Gasteiger charge is 2.45. The van der Waals surface area contributed by atoms with Crippen molar-refractivity contribution in [3.05, 3.63) is 18.2 Å². The van der Waals surface area contributed by atoms with E-state index in [0.29, 0.717) is 23.7 Å². The van der Waals surface area contributed by atoms with E-state index < -0.39 is 6.04 Å². The number of anilines is 1. The van der Waals surface area contributed by atoms with Gasteiger partial charge in [0.15, 0.2) is 11.5 Å². The van der Waals surface area contributed by atoms with E-state index in [9.17, 15) is 9.59 Å². The number of benzene rings is 1. The molecule has 0 saturated carbocycles. The van der Waals surface area contributed by atoms with E-state index in [-0.39, 0.29) is 25.3 Å². The molecule has 2 heterocycles. The summed E-state index contributed by atoms with van der Waals surface area (Å²) >= 11 is 0. The van der Waals surface area contributed by atoms with Crippen LogP contribution in [-0.4, -0.2) is 49.9 Å². The summed E-state index contributed by atoms with van der Waals surface area (Å²) in [7, 11) is 1.52. The van der Waals surface area contributed by atoms with Gasteiger partial charge in [0.1, 0.15) is 6.04 Å². The number of imide groups is 1. The van der Waals surface area contributed by atoms with Gasteiger partial charge in [0.05, 0.1) is 12.3 Å². The van der Waals surface area contributed by atoms with Crippen molar-refractivity contribution in [2.75, 3.05) is 32.0 Å². The van der Waals surface area contributed by atoms with Gasteiger partial charge in [-0.2, -0.15) is 0 Å². The molecule has 0 aromatic heterocycles. The van der Waals surface area contributed by atoms with E-state index in [1.807, 2.05) is 6.92 Å². The molecule has 0 unspecified atom stereocenters. The molecular formula is C15H18N2O5. The van der Waals surface area contributed by atoms with Gasteiger partial charge < -0.3 is 19.1 Å². The quantitative estimate of drug-likeness (QED) is 0.773.